The number of halogens is 2. The van der Waals surface area contributed by atoms with Gasteiger partial charge in [-0.1, -0.05) is 47.5 Å². The van der Waals surface area contributed by atoms with Crippen LogP contribution in [0.1, 0.15) is 17.5 Å². The molecular weight excluding hydrogens is 371 g/mol. The third-order valence-corrected chi connectivity index (χ3v) is 5.06. The van der Waals surface area contributed by atoms with Crippen molar-refractivity contribution in [2.75, 3.05) is 18.5 Å². The molecule has 2 aromatic rings. The number of fused-ring (bicyclic) bond motifs is 1. The maximum absolute atomic E-state index is 12.6. The molecule has 0 bridgehead atoms. The fourth-order valence-corrected chi connectivity index (χ4v) is 3.63. The SMILES string of the molecule is CN1c2ccccc2C=C(O)C1C(=O)NCCCc1ccc(Cl)cc1Cl. The van der Waals surface area contributed by atoms with E-state index in [9.17, 15) is 9.90 Å². The summed E-state index contributed by atoms with van der Waals surface area (Å²) >= 11 is 12.1. The van der Waals surface area contributed by atoms with Gasteiger partial charge in [0.05, 0.1) is 0 Å². The smallest absolute Gasteiger partial charge is 0.250 e. The zero-order valence-electron chi connectivity index (χ0n) is 14.4. The number of carbonyl (C=O) groups is 1. The molecule has 0 aliphatic carbocycles. The number of hydrogen-bond donors (Lipinski definition) is 2. The highest BCUT2D eigenvalue weighted by Crippen LogP contribution is 2.30. The number of likely N-dealkylation sites (N-methyl/N-ethyl adjacent to an activating group) is 1. The largest absolute Gasteiger partial charge is 0.510 e. The van der Waals surface area contributed by atoms with Crippen LogP contribution in [0.3, 0.4) is 0 Å². The van der Waals surface area contributed by atoms with E-state index < -0.39 is 6.04 Å². The van der Waals surface area contributed by atoms with Crippen LogP contribution in [-0.2, 0) is 11.2 Å². The lowest BCUT2D eigenvalue weighted by atomic mass is 10.0. The van der Waals surface area contributed by atoms with Crippen molar-refractivity contribution in [3.8, 4) is 0 Å². The molecule has 0 saturated carbocycles. The molecule has 1 aliphatic rings. The maximum Gasteiger partial charge on any atom is 0.250 e. The number of nitrogens with one attached hydrogen (secondary N) is 1. The third kappa shape index (κ3) is 3.97. The quantitative estimate of drug-likeness (QED) is 0.740. The van der Waals surface area contributed by atoms with Gasteiger partial charge in [-0.15, -0.1) is 0 Å². The van der Waals surface area contributed by atoms with Crippen LogP contribution in [0.25, 0.3) is 6.08 Å². The van der Waals surface area contributed by atoms with Crippen molar-refractivity contribution >= 4 is 40.9 Å². The monoisotopic (exact) mass is 390 g/mol. The van der Waals surface area contributed by atoms with E-state index in [0.717, 1.165) is 29.7 Å². The molecule has 26 heavy (non-hydrogen) atoms. The lowest BCUT2D eigenvalue weighted by molar-refractivity contribution is -0.122. The molecule has 2 aromatic carbocycles. The Morgan fingerprint density at radius 3 is 2.77 bits per heavy atom. The molecule has 0 spiro atoms. The van der Waals surface area contributed by atoms with Crippen molar-refractivity contribution < 1.29 is 9.90 Å². The van der Waals surface area contributed by atoms with Gasteiger partial charge < -0.3 is 15.3 Å². The van der Waals surface area contributed by atoms with Crippen LogP contribution in [0, 0.1) is 0 Å². The number of aliphatic hydroxyl groups is 1. The van der Waals surface area contributed by atoms with E-state index in [-0.39, 0.29) is 11.7 Å². The van der Waals surface area contributed by atoms with Crippen molar-refractivity contribution in [3.63, 3.8) is 0 Å². The Kier molecular flexibility index (Phi) is 5.74. The number of carbonyl (C=O) groups excluding carboxylic acids is 1. The summed E-state index contributed by atoms with van der Waals surface area (Å²) in [5, 5.41) is 14.4. The Hall–Kier alpha value is -2.17. The number of nitrogens with zero attached hydrogens (tertiary/aromatic N) is 1. The number of amides is 1. The molecule has 0 radical (unpaired) electrons. The number of rotatable bonds is 5. The summed E-state index contributed by atoms with van der Waals surface area (Å²) in [6, 6.07) is 12.4. The summed E-state index contributed by atoms with van der Waals surface area (Å²) in [4.78, 5) is 14.3. The van der Waals surface area contributed by atoms with Gasteiger partial charge >= 0.3 is 0 Å². The number of aryl methyl sites for hydroxylation is 1. The zero-order valence-corrected chi connectivity index (χ0v) is 15.9. The number of anilines is 1. The summed E-state index contributed by atoms with van der Waals surface area (Å²) in [5.74, 6) is -0.178. The summed E-state index contributed by atoms with van der Waals surface area (Å²) in [6.07, 6.45) is 3.12. The summed E-state index contributed by atoms with van der Waals surface area (Å²) < 4.78 is 0. The average Bonchev–Trinajstić information content (AvgIpc) is 2.60. The van der Waals surface area contributed by atoms with Gasteiger partial charge in [0.2, 0.25) is 0 Å². The Bertz CT molecular complexity index is 851. The minimum Gasteiger partial charge on any atom is -0.510 e. The highest BCUT2D eigenvalue weighted by Gasteiger charge is 2.31. The highest BCUT2D eigenvalue weighted by atomic mass is 35.5. The molecule has 0 aromatic heterocycles. The predicted molar refractivity (Wildman–Crippen MR) is 107 cm³/mol. The zero-order chi connectivity index (χ0) is 18.7. The van der Waals surface area contributed by atoms with E-state index in [1.807, 2.05) is 30.3 Å². The van der Waals surface area contributed by atoms with Crippen molar-refractivity contribution in [1.29, 1.82) is 0 Å². The summed E-state index contributed by atoms with van der Waals surface area (Å²) in [6.45, 7) is 0.497. The van der Waals surface area contributed by atoms with Gasteiger partial charge in [0, 0.05) is 34.9 Å². The van der Waals surface area contributed by atoms with Gasteiger partial charge in [-0.3, -0.25) is 4.79 Å². The molecule has 1 aliphatic heterocycles. The lowest BCUT2D eigenvalue weighted by Gasteiger charge is -2.33. The molecule has 0 saturated heterocycles. The normalized spacial score (nSPS) is 16.0. The summed E-state index contributed by atoms with van der Waals surface area (Å²) in [5.41, 5.74) is 2.81. The first kappa shape index (κ1) is 18.6. The van der Waals surface area contributed by atoms with Crippen LogP contribution in [-0.4, -0.2) is 30.6 Å². The fourth-order valence-electron chi connectivity index (χ4n) is 3.13. The Labute approximate surface area is 163 Å². The molecular formula is C20H20Cl2N2O2. The van der Waals surface area contributed by atoms with Crippen molar-refractivity contribution in [2.45, 2.75) is 18.9 Å². The number of benzene rings is 2. The second kappa shape index (κ2) is 8.02. The van der Waals surface area contributed by atoms with E-state index >= 15 is 0 Å². The first-order valence-electron chi connectivity index (χ1n) is 8.41. The minimum absolute atomic E-state index is 0.0458. The van der Waals surface area contributed by atoms with Gasteiger partial charge in [0.1, 0.15) is 5.76 Å². The van der Waals surface area contributed by atoms with Crippen LogP contribution in [0.4, 0.5) is 5.69 Å². The molecule has 1 amide bonds. The topological polar surface area (TPSA) is 52.6 Å². The Morgan fingerprint density at radius 1 is 1.23 bits per heavy atom. The molecule has 1 unspecified atom stereocenters. The fraction of sp³-hybridized carbons (Fsp3) is 0.250. The molecule has 0 fully saturated rings. The molecule has 4 nitrogen and oxygen atoms in total. The van der Waals surface area contributed by atoms with Crippen LogP contribution < -0.4 is 10.2 Å². The van der Waals surface area contributed by atoms with Crippen LogP contribution in [0.15, 0.2) is 48.2 Å². The minimum atomic E-state index is -0.719. The van der Waals surface area contributed by atoms with Gasteiger partial charge in [0.15, 0.2) is 6.04 Å². The molecule has 1 heterocycles. The molecule has 3 rings (SSSR count). The van der Waals surface area contributed by atoms with Gasteiger partial charge in [-0.25, -0.2) is 0 Å². The van der Waals surface area contributed by atoms with Crippen molar-refractivity contribution in [2.24, 2.45) is 0 Å². The van der Waals surface area contributed by atoms with Crippen LogP contribution in [0.5, 0.6) is 0 Å². The molecule has 136 valence electrons. The Morgan fingerprint density at radius 2 is 2.00 bits per heavy atom. The predicted octanol–water partition coefficient (Wildman–Crippen LogP) is 4.46. The van der Waals surface area contributed by atoms with E-state index in [4.69, 9.17) is 23.2 Å². The first-order valence-corrected chi connectivity index (χ1v) is 9.17. The van der Waals surface area contributed by atoms with Gasteiger partial charge in [-0.05, 0) is 42.7 Å². The van der Waals surface area contributed by atoms with Crippen LogP contribution >= 0.6 is 23.2 Å². The Balaban J connectivity index is 1.57. The average molecular weight is 391 g/mol. The molecule has 2 N–H and O–H groups in total. The second-order valence-corrected chi connectivity index (χ2v) is 7.12. The molecule has 6 heteroatoms. The summed E-state index contributed by atoms with van der Waals surface area (Å²) in [7, 11) is 1.81. The van der Waals surface area contributed by atoms with E-state index in [0.29, 0.717) is 16.6 Å². The number of hydrogen-bond acceptors (Lipinski definition) is 3. The number of aliphatic hydroxyl groups excluding tert-OH is 1. The van der Waals surface area contributed by atoms with Crippen molar-refractivity contribution in [1.82, 2.24) is 5.32 Å². The van der Waals surface area contributed by atoms with Crippen LogP contribution in [0.2, 0.25) is 10.0 Å². The van der Waals surface area contributed by atoms with E-state index in [2.05, 4.69) is 5.32 Å². The first-order chi connectivity index (χ1) is 12.5. The standard InChI is InChI=1S/C20H20Cl2N2O2/c1-24-17-7-3-2-5-14(17)11-18(25)19(24)20(26)23-10-4-6-13-8-9-15(21)12-16(13)22/h2-3,5,7-9,11-12,19,25H,4,6,10H2,1H3,(H,23,26). The maximum atomic E-state index is 12.6. The van der Waals surface area contributed by atoms with E-state index in [1.165, 1.54) is 0 Å². The third-order valence-electron chi connectivity index (χ3n) is 4.47. The van der Waals surface area contributed by atoms with E-state index in [1.54, 1.807) is 30.2 Å². The van der Waals surface area contributed by atoms with Gasteiger partial charge in [-0.2, -0.15) is 0 Å². The van der Waals surface area contributed by atoms with Gasteiger partial charge in [0.25, 0.3) is 5.91 Å². The van der Waals surface area contributed by atoms with Crippen molar-refractivity contribution in [3.05, 3.63) is 69.4 Å². The highest BCUT2D eigenvalue weighted by molar-refractivity contribution is 6.35. The lowest BCUT2D eigenvalue weighted by Crippen LogP contribution is -2.48. The second-order valence-electron chi connectivity index (χ2n) is 6.27. The molecule has 1 atom stereocenters. The number of para-hydroxylation sites is 1.